The molecule has 0 aliphatic carbocycles. The van der Waals surface area contributed by atoms with Gasteiger partial charge >= 0.3 is 0 Å². The molecule has 0 aromatic heterocycles. The van der Waals surface area contributed by atoms with E-state index in [0.29, 0.717) is 41.8 Å². The van der Waals surface area contributed by atoms with Crippen LogP contribution in [-0.4, -0.2) is 48.5 Å². The molecule has 0 radical (unpaired) electrons. The van der Waals surface area contributed by atoms with Crippen LogP contribution in [0.1, 0.15) is 40.0 Å². The fourth-order valence-corrected chi connectivity index (χ4v) is 5.28. The third-order valence-electron chi connectivity index (χ3n) is 7.02. The third-order valence-corrected chi connectivity index (χ3v) is 7.34. The minimum Gasteiger partial charge on any atom is -0.493 e. The van der Waals surface area contributed by atoms with E-state index in [4.69, 9.17) is 21.1 Å². The summed E-state index contributed by atoms with van der Waals surface area (Å²) in [6, 6.07) is 34.3. The fourth-order valence-electron chi connectivity index (χ4n) is 5.09. The Morgan fingerprint density at radius 2 is 1.38 bits per heavy atom. The second-order valence-corrected chi connectivity index (χ2v) is 9.93. The number of rotatable bonds is 9. The number of piperazine rings is 1. The van der Waals surface area contributed by atoms with Crippen LogP contribution in [0, 0.1) is 0 Å². The summed E-state index contributed by atoms with van der Waals surface area (Å²) in [4.78, 5) is 18.0. The molecule has 0 saturated carbocycles. The first-order valence-corrected chi connectivity index (χ1v) is 13.8. The zero-order chi connectivity index (χ0) is 27.0. The maximum Gasteiger partial charge on any atom is 0.253 e. The molecule has 1 amide bonds. The predicted octanol–water partition coefficient (Wildman–Crippen LogP) is 6.87. The van der Waals surface area contributed by atoms with Crippen molar-refractivity contribution in [2.24, 2.45) is 0 Å². The molecule has 39 heavy (non-hydrogen) atoms. The molecule has 0 atom stereocenters. The number of carbonyl (C=O) groups excluding carboxylic acids is 1. The van der Waals surface area contributed by atoms with Crippen molar-refractivity contribution in [3.05, 3.63) is 130 Å². The summed E-state index contributed by atoms with van der Waals surface area (Å²) in [5.74, 6) is 1.33. The van der Waals surface area contributed by atoms with Gasteiger partial charge in [-0.25, -0.2) is 0 Å². The molecule has 4 aromatic rings. The molecule has 1 heterocycles. The molecule has 1 aliphatic heterocycles. The van der Waals surface area contributed by atoms with Crippen LogP contribution in [0.15, 0.2) is 103 Å². The van der Waals surface area contributed by atoms with E-state index in [9.17, 15) is 4.79 Å². The summed E-state index contributed by atoms with van der Waals surface area (Å²) in [6.07, 6.45) is 0. The predicted molar refractivity (Wildman–Crippen MR) is 156 cm³/mol. The van der Waals surface area contributed by atoms with Crippen molar-refractivity contribution < 1.29 is 14.3 Å². The van der Waals surface area contributed by atoms with Gasteiger partial charge in [-0.3, -0.25) is 9.69 Å². The average molecular weight is 541 g/mol. The lowest BCUT2D eigenvalue weighted by molar-refractivity contribution is 0.0597. The van der Waals surface area contributed by atoms with Gasteiger partial charge in [0, 0.05) is 37.3 Å². The van der Waals surface area contributed by atoms with Gasteiger partial charge in [-0.05, 0) is 48.4 Å². The van der Waals surface area contributed by atoms with Crippen LogP contribution in [0.3, 0.4) is 0 Å². The van der Waals surface area contributed by atoms with Crippen molar-refractivity contribution in [2.45, 2.75) is 19.6 Å². The average Bonchev–Trinajstić information content (AvgIpc) is 2.99. The number of hydrogen-bond acceptors (Lipinski definition) is 4. The lowest BCUT2D eigenvalue weighted by Gasteiger charge is -2.40. The lowest BCUT2D eigenvalue weighted by Crippen LogP contribution is -2.49. The minimum absolute atomic E-state index is 0.0210. The highest BCUT2D eigenvalue weighted by atomic mass is 35.5. The van der Waals surface area contributed by atoms with Gasteiger partial charge in [0.05, 0.1) is 17.7 Å². The monoisotopic (exact) mass is 540 g/mol. The van der Waals surface area contributed by atoms with E-state index >= 15 is 0 Å². The van der Waals surface area contributed by atoms with Crippen molar-refractivity contribution in [1.29, 1.82) is 0 Å². The second kappa shape index (κ2) is 12.8. The smallest absolute Gasteiger partial charge is 0.253 e. The van der Waals surface area contributed by atoms with Gasteiger partial charge in [0.25, 0.3) is 5.91 Å². The van der Waals surface area contributed by atoms with Gasteiger partial charge in [0.1, 0.15) is 18.1 Å². The largest absolute Gasteiger partial charge is 0.493 e. The highest BCUT2D eigenvalue weighted by Crippen LogP contribution is 2.31. The number of carbonyl (C=O) groups is 1. The van der Waals surface area contributed by atoms with Crippen LogP contribution >= 0.6 is 11.6 Å². The first-order chi connectivity index (χ1) is 19.1. The number of hydrogen-bond donors (Lipinski definition) is 0. The molecule has 0 bridgehead atoms. The summed E-state index contributed by atoms with van der Waals surface area (Å²) < 4.78 is 11.8. The van der Waals surface area contributed by atoms with Crippen molar-refractivity contribution in [3.8, 4) is 11.5 Å². The standard InChI is InChI=1S/C33H33ClN2O3/c1-2-38-30-18-17-27(23-28(30)24-39-31-16-10-9-15-29(31)34)33(37)36-21-19-35(20-22-36)32(25-11-5-3-6-12-25)26-13-7-4-8-14-26/h3-18,23,32H,2,19-22,24H2,1H3. The first kappa shape index (κ1) is 26.8. The summed E-state index contributed by atoms with van der Waals surface area (Å²) >= 11 is 6.27. The Morgan fingerprint density at radius 3 is 2.00 bits per heavy atom. The van der Waals surface area contributed by atoms with Gasteiger partial charge in [0.2, 0.25) is 0 Å². The topological polar surface area (TPSA) is 42.0 Å². The van der Waals surface area contributed by atoms with E-state index in [2.05, 4.69) is 53.4 Å². The number of para-hydroxylation sites is 1. The normalized spacial score (nSPS) is 13.9. The Hall–Kier alpha value is -3.80. The van der Waals surface area contributed by atoms with E-state index in [1.165, 1.54) is 11.1 Å². The molecule has 1 aliphatic rings. The maximum absolute atomic E-state index is 13.6. The zero-order valence-electron chi connectivity index (χ0n) is 22.1. The lowest BCUT2D eigenvalue weighted by atomic mass is 9.96. The minimum atomic E-state index is 0.0210. The van der Waals surface area contributed by atoms with E-state index in [0.717, 1.165) is 18.7 Å². The molecule has 4 aromatic carbocycles. The SMILES string of the molecule is CCOc1ccc(C(=O)N2CCN(C(c3ccccc3)c3ccccc3)CC2)cc1COc1ccccc1Cl. The van der Waals surface area contributed by atoms with Crippen LogP contribution in [-0.2, 0) is 6.61 Å². The molecule has 1 fully saturated rings. The third kappa shape index (κ3) is 6.44. The summed E-state index contributed by atoms with van der Waals surface area (Å²) in [5.41, 5.74) is 3.97. The van der Waals surface area contributed by atoms with Gasteiger partial charge < -0.3 is 14.4 Å². The van der Waals surface area contributed by atoms with Gasteiger partial charge in [-0.15, -0.1) is 0 Å². The number of benzene rings is 4. The second-order valence-electron chi connectivity index (χ2n) is 9.53. The van der Waals surface area contributed by atoms with E-state index in [1.807, 2.05) is 60.4 Å². The maximum atomic E-state index is 13.6. The quantitative estimate of drug-likeness (QED) is 0.232. The van der Waals surface area contributed by atoms with E-state index in [-0.39, 0.29) is 18.6 Å². The number of amides is 1. The van der Waals surface area contributed by atoms with Crippen LogP contribution in [0.25, 0.3) is 0 Å². The van der Waals surface area contributed by atoms with Crippen molar-refractivity contribution in [2.75, 3.05) is 32.8 Å². The first-order valence-electron chi connectivity index (χ1n) is 13.4. The summed E-state index contributed by atoms with van der Waals surface area (Å²) in [6.45, 7) is 5.62. The Morgan fingerprint density at radius 1 is 0.769 bits per heavy atom. The Bertz CT molecular complexity index is 1330. The Balaban J connectivity index is 1.29. The van der Waals surface area contributed by atoms with Crippen LogP contribution in [0.2, 0.25) is 5.02 Å². The van der Waals surface area contributed by atoms with Gasteiger partial charge in [-0.1, -0.05) is 84.4 Å². The number of ether oxygens (including phenoxy) is 2. The highest BCUT2D eigenvalue weighted by Gasteiger charge is 2.28. The molecule has 0 spiro atoms. The summed E-state index contributed by atoms with van der Waals surface area (Å²) in [5, 5.41) is 0.546. The molecule has 0 unspecified atom stereocenters. The van der Waals surface area contributed by atoms with Crippen LogP contribution < -0.4 is 9.47 Å². The molecule has 5 rings (SSSR count). The van der Waals surface area contributed by atoms with E-state index < -0.39 is 0 Å². The molecule has 6 heteroatoms. The molecule has 5 nitrogen and oxygen atoms in total. The van der Waals surface area contributed by atoms with Crippen molar-refractivity contribution in [1.82, 2.24) is 9.80 Å². The number of halogens is 1. The zero-order valence-corrected chi connectivity index (χ0v) is 22.9. The number of nitrogens with zero attached hydrogens (tertiary/aromatic N) is 2. The molecule has 200 valence electrons. The Kier molecular flexibility index (Phi) is 8.82. The van der Waals surface area contributed by atoms with Gasteiger partial charge in [-0.2, -0.15) is 0 Å². The molecular weight excluding hydrogens is 508 g/mol. The highest BCUT2D eigenvalue weighted by molar-refractivity contribution is 6.32. The molecular formula is C33H33ClN2O3. The van der Waals surface area contributed by atoms with Crippen LogP contribution in [0.4, 0.5) is 0 Å². The van der Waals surface area contributed by atoms with E-state index in [1.54, 1.807) is 6.07 Å². The van der Waals surface area contributed by atoms with Crippen molar-refractivity contribution in [3.63, 3.8) is 0 Å². The van der Waals surface area contributed by atoms with Gasteiger partial charge in [0.15, 0.2) is 0 Å². The fraction of sp³-hybridized carbons (Fsp3) is 0.242. The summed E-state index contributed by atoms with van der Waals surface area (Å²) in [7, 11) is 0. The van der Waals surface area contributed by atoms with Crippen molar-refractivity contribution >= 4 is 17.5 Å². The molecule has 0 N–H and O–H groups in total. The van der Waals surface area contributed by atoms with Crippen LogP contribution in [0.5, 0.6) is 11.5 Å². The Labute approximate surface area is 235 Å². The molecule has 1 saturated heterocycles.